The largest absolute Gasteiger partial charge is 0.493 e. The molecule has 128 valence electrons. The predicted molar refractivity (Wildman–Crippen MR) is 95.2 cm³/mol. The topological polar surface area (TPSA) is 102 Å². The molecule has 3 rings (SSSR count). The highest BCUT2D eigenvalue weighted by atomic mass is 79.9. The number of benzene rings is 2. The molecule has 2 N–H and O–H groups in total. The Kier molecular flexibility index (Phi) is 4.71. The number of carbonyl (C=O) groups is 1. The molecule has 0 radical (unpaired) electrons. The van der Waals surface area contributed by atoms with Crippen molar-refractivity contribution in [2.24, 2.45) is 0 Å². The zero-order valence-electron chi connectivity index (χ0n) is 13.1. The molecule has 0 aliphatic carbocycles. The van der Waals surface area contributed by atoms with Gasteiger partial charge in [0.05, 0.1) is 23.6 Å². The number of H-pyrrole nitrogens is 1. The number of aromatic amines is 1. The van der Waals surface area contributed by atoms with Gasteiger partial charge in [0, 0.05) is 4.47 Å². The van der Waals surface area contributed by atoms with Gasteiger partial charge in [-0.3, -0.25) is 4.79 Å². The Morgan fingerprint density at radius 3 is 2.80 bits per heavy atom. The lowest BCUT2D eigenvalue weighted by Gasteiger charge is -2.14. The molecule has 0 bridgehead atoms. The van der Waals surface area contributed by atoms with E-state index in [-0.39, 0.29) is 17.1 Å². The van der Waals surface area contributed by atoms with Crippen molar-refractivity contribution in [2.45, 2.75) is 0 Å². The van der Waals surface area contributed by atoms with Crippen molar-refractivity contribution in [3.8, 4) is 22.9 Å². The summed E-state index contributed by atoms with van der Waals surface area (Å²) in [6.45, 7) is -0.553. The molecule has 0 unspecified atom stereocenters. The molecule has 0 amide bonds. The van der Waals surface area contributed by atoms with Gasteiger partial charge in [0.15, 0.2) is 18.1 Å². The minimum Gasteiger partial charge on any atom is -0.493 e. The van der Waals surface area contributed by atoms with Crippen molar-refractivity contribution in [3.05, 3.63) is 51.2 Å². The summed E-state index contributed by atoms with van der Waals surface area (Å²) < 4.78 is 11.3. The number of hydrogen-bond donors (Lipinski definition) is 2. The molecule has 0 atom stereocenters. The summed E-state index contributed by atoms with van der Waals surface area (Å²) in [5, 5.41) is 9.35. The van der Waals surface area contributed by atoms with E-state index in [9.17, 15) is 9.59 Å². The zero-order valence-corrected chi connectivity index (χ0v) is 14.7. The van der Waals surface area contributed by atoms with E-state index in [0.29, 0.717) is 26.7 Å². The number of carboxylic acid groups (broad SMARTS) is 1. The van der Waals surface area contributed by atoms with Crippen LogP contribution in [0.15, 0.2) is 45.7 Å². The number of hydrogen-bond acceptors (Lipinski definition) is 5. The Morgan fingerprint density at radius 2 is 2.08 bits per heavy atom. The molecule has 25 heavy (non-hydrogen) atoms. The number of nitrogens with one attached hydrogen (secondary N) is 1. The van der Waals surface area contributed by atoms with E-state index in [1.165, 1.54) is 7.11 Å². The van der Waals surface area contributed by atoms with Crippen LogP contribution in [0.2, 0.25) is 0 Å². The Balaban J connectivity index is 2.23. The number of methoxy groups -OCH3 is 1. The van der Waals surface area contributed by atoms with Gasteiger partial charge >= 0.3 is 5.97 Å². The number of para-hydroxylation sites is 1. The molecule has 0 aliphatic heterocycles. The molecule has 8 heteroatoms. The Bertz CT molecular complexity index is 1020. The van der Waals surface area contributed by atoms with Crippen molar-refractivity contribution < 1.29 is 19.4 Å². The second kappa shape index (κ2) is 6.94. The fraction of sp³-hybridized carbons (Fsp3) is 0.118. The van der Waals surface area contributed by atoms with E-state index in [4.69, 9.17) is 14.6 Å². The van der Waals surface area contributed by atoms with Gasteiger partial charge < -0.3 is 19.6 Å². The van der Waals surface area contributed by atoms with Gasteiger partial charge in [0.25, 0.3) is 5.56 Å². The lowest BCUT2D eigenvalue weighted by atomic mass is 10.1. The first-order chi connectivity index (χ1) is 12.0. The number of rotatable bonds is 5. The van der Waals surface area contributed by atoms with E-state index in [1.807, 2.05) is 0 Å². The summed E-state index contributed by atoms with van der Waals surface area (Å²) in [4.78, 5) is 30.3. The highest BCUT2D eigenvalue weighted by Gasteiger charge is 2.18. The first-order valence-electron chi connectivity index (χ1n) is 7.21. The van der Waals surface area contributed by atoms with E-state index in [0.717, 1.165) is 0 Å². The quantitative estimate of drug-likeness (QED) is 0.677. The standard InChI is InChI=1S/C17H13BrN2O5/c1-24-13-7-9(18)6-11(15(13)25-8-14(21)22)16-19-12-5-3-2-4-10(12)17(23)20-16/h2-7H,8H2,1H3,(H,21,22)(H,19,20,23). The molecule has 0 aliphatic rings. The highest BCUT2D eigenvalue weighted by Crippen LogP contribution is 2.39. The molecule has 2 aromatic carbocycles. The maximum Gasteiger partial charge on any atom is 0.341 e. The van der Waals surface area contributed by atoms with E-state index < -0.39 is 12.6 Å². The van der Waals surface area contributed by atoms with Crippen LogP contribution in [0.4, 0.5) is 0 Å². The van der Waals surface area contributed by atoms with Gasteiger partial charge in [0.2, 0.25) is 0 Å². The minimum atomic E-state index is -1.13. The number of halogens is 1. The third-order valence-electron chi connectivity index (χ3n) is 3.45. The third-order valence-corrected chi connectivity index (χ3v) is 3.91. The van der Waals surface area contributed by atoms with Crippen LogP contribution in [0.5, 0.6) is 11.5 Å². The average molecular weight is 405 g/mol. The summed E-state index contributed by atoms with van der Waals surface area (Å²) >= 11 is 3.36. The fourth-order valence-electron chi connectivity index (χ4n) is 2.39. The van der Waals surface area contributed by atoms with Crippen molar-refractivity contribution >= 4 is 32.8 Å². The van der Waals surface area contributed by atoms with E-state index in [2.05, 4.69) is 25.9 Å². The fourth-order valence-corrected chi connectivity index (χ4v) is 2.83. The molecule has 1 heterocycles. The van der Waals surface area contributed by atoms with Crippen molar-refractivity contribution in [2.75, 3.05) is 13.7 Å². The van der Waals surface area contributed by atoms with Crippen LogP contribution in [0.1, 0.15) is 0 Å². The highest BCUT2D eigenvalue weighted by molar-refractivity contribution is 9.10. The maximum absolute atomic E-state index is 12.3. The van der Waals surface area contributed by atoms with Crippen LogP contribution in [0.3, 0.4) is 0 Å². The Morgan fingerprint density at radius 1 is 1.32 bits per heavy atom. The average Bonchev–Trinajstić information content (AvgIpc) is 2.59. The Labute approximate surface area is 150 Å². The van der Waals surface area contributed by atoms with Crippen LogP contribution in [-0.2, 0) is 4.79 Å². The molecule has 0 spiro atoms. The number of carboxylic acids is 1. The predicted octanol–water partition coefficient (Wildman–Crippen LogP) is 2.82. The molecule has 7 nitrogen and oxygen atoms in total. The number of fused-ring (bicyclic) bond motifs is 1. The van der Waals surface area contributed by atoms with Gasteiger partial charge in [-0.1, -0.05) is 28.1 Å². The van der Waals surface area contributed by atoms with Crippen LogP contribution >= 0.6 is 15.9 Å². The van der Waals surface area contributed by atoms with Crippen molar-refractivity contribution in [3.63, 3.8) is 0 Å². The number of aromatic nitrogens is 2. The summed E-state index contributed by atoms with van der Waals surface area (Å²) in [6.07, 6.45) is 0. The van der Waals surface area contributed by atoms with Crippen LogP contribution in [0.25, 0.3) is 22.3 Å². The maximum atomic E-state index is 12.3. The molecule has 0 fully saturated rings. The smallest absolute Gasteiger partial charge is 0.341 e. The minimum absolute atomic E-state index is 0.187. The lowest BCUT2D eigenvalue weighted by Crippen LogP contribution is -2.13. The summed E-state index contributed by atoms with van der Waals surface area (Å²) in [5.41, 5.74) is 0.628. The zero-order chi connectivity index (χ0) is 18.0. The van der Waals surface area contributed by atoms with E-state index >= 15 is 0 Å². The van der Waals surface area contributed by atoms with Gasteiger partial charge in [-0.25, -0.2) is 9.78 Å². The molecule has 3 aromatic rings. The molecular formula is C17H13BrN2O5. The SMILES string of the molecule is COc1cc(Br)cc(-c2nc3ccccc3c(=O)[nH]2)c1OCC(=O)O. The van der Waals surface area contributed by atoms with Gasteiger partial charge in [0.1, 0.15) is 5.82 Å². The summed E-state index contributed by atoms with van der Waals surface area (Å²) in [5.74, 6) is -0.368. The van der Waals surface area contributed by atoms with Crippen molar-refractivity contribution in [1.82, 2.24) is 9.97 Å². The molecule has 0 saturated heterocycles. The van der Waals surface area contributed by atoms with Gasteiger partial charge in [-0.05, 0) is 24.3 Å². The van der Waals surface area contributed by atoms with Crippen LogP contribution < -0.4 is 15.0 Å². The first-order valence-corrected chi connectivity index (χ1v) is 8.00. The number of nitrogens with zero attached hydrogens (tertiary/aromatic N) is 1. The number of aliphatic carboxylic acids is 1. The summed E-state index contributed by atoms with van der Waals surface area (Å²) in [7, 11) is 1.44. The summed E-state index contributed by atoms with van der Waals surface area (Å²) in [6, 6.07) is 10.2. The monoisotopic (exact) mass is 404 g/mol. The molecule has 0 saturated carbocycles. The second-order valence-corrected chi connectivity index (χ2v) is 6.01. The van der Waals surface area contributed by atoms with Crippen molar-refractivity contribution in [1.29, 1.82) is 0 Å². The van der Waals surface area contributed by atoms with Gasteiger partial charge in [-0.15, -0.1) is 0 Å². The molecular weight excluding hydrogens is 392 g/mol. The second-order valence-electron chi connectivity index (χ2n) is 5.10. The Hall–Kier alpha value is -2.87. The first kappa shape index (κ1) is 17.0. The third kappa shape index (κ3) is 3.48. The van der Waals surface area contributed by atoms with Gasteiger partial charge in [-0.2, -0.15) is 0 Å². The number of ether oxygens (including phenoxy) is 2. The lowest BCUT2D eigenvalue weighted by molar-refractivity contribution is -0.139. The normalized spacial score (nSPS) is 10.6. The molecule has 1 aromatic heterocycles. The van der Waals surface area contributed by atoms with Crippen LogP contribution in [0, 0.1) is 0 Å². The van der Waals surface area contributed by atoms with E-state index in [1.54, 1.807) is 36.4 Å². The van der Waals surface area contributed by atoms with Crippen LogP contribution in [-0.4, -0.2) is 34.8 Å².